The lowest BCUT2D eigenvalue weighted by atomic mass is 10.1. The van der Waals surface area contributed by atoms with Crippen LogP contribution in [0.4, 0.5) is 0 Å². The van der Waals surface area contributed by atoms with Gasteiger partial charge in [0.05, 0.1) is 11.2 Å². The second-order valence-corrected chi connectivity index (χ2v) is 6.21. The Kier molecular flexibility index (Phi) is 3.19. The van der Waals surface area contributed by atoms with E-state index in [0.717, 1.165) is 0 Å². The summed E-state index contributed by atoms with van der Waals surface area (Å²) in [7, 11) is 0. The van der Waals surface area contributed by atoms with Gasteiger partial charge in [0, 0.05) is 21.8 Å². The number of benzene rings is 1. The van der Waals surface area contributed by atoms with Gasteiger partial charge in [-0.15, -0.1) is 11.3 Å². The minimum Gasteiger partial charge on any atom is -0.316 e. The quantitative estimate of drug-likeness (QED) is 0.590. The molecule has 0 spiro atoms. The number of hydrogen-bond donors (Lipinski definition) is 0. The van der Waals surface area contributed by atoms with E-state index in [-0.39, 0.29) is 0 Å². The zero-order chi connectivity index (χ0) is 13.4. The van der Waals surface area contributed by atoms with Crippen molar-refractivity contribution in [3.8, 4) is 5.69 Å². The van der Waals surface area contributed by atoms with Gasteiger partial charge in [-0.25, -0.2) is 0 Å². The maximum atomic E-state index is 2.33. The van der Waals surface area contributed by atoms with E-state index in [4.69, 9.17) is 0 Å². The molecule has 3 rings (SSSR count). The van der Waals surface area contributed by atoms with E-state index < -0.39 is 0 Å². The molecule has 0 radical (unpaired) electrons. The maximum absolute atomic E-state index is 2.33. The standard InChI is InChI=1S/C17H19NS/c1-4-13(3)17-10-15(11-19-17)18-8-7-14-9-12(2)5-6-16(14)18/h5-11,13H,4H2,1-3H3. The average molecular weight is 269 g/mol. The Morgan fingerprint density at radius 1 is 1.21 bits per heavy atom. The Bertz CT molecular complexity index is 705. The zero-order valence-electron chi connectivity index (χ0n) is 11.7. The summed E-state index contributed by atoms with van der Waals surface area (Å²) in [4.78, 5) is 1.48. The van der Waals surface area contributed by atoms with Crippen LogP contribution in [-0.2, 0) is 0 Å². The summed E-state index contributed by atoms with van der Waals surface area (Å²) in [6.07, 6.45) is 3.37. The van der Waals surface area contributed by atoms with Gasteiger partial charge in [0.1, 0.15) is 0 Å². The molecule has 0 N–H and O–H groups in total. The molecule has 3 aromatic rings. The summed E-state index contributed by atoms with van der Waals surface area (Å²) in [6, 6.07) is 11.2. The lowest BCUT2D eigenvalue weighted by Gasteiger charge is -2.04. The Morgan fingerprint density at radius 2 is 2.05 bits per heavy atom. The average Bonchev–Trinajstić information content (AvgIpc) is 3.03. The summed E-state index contributed by atoms with van der Waals surface area (Å²) in [5.74, 6) is 0.655. The molecule has 98 valence electrons. The first kappa shape index (κ1) is 12.5. The summed E-state index contributed by atoms with van der Waals surface area (Å²) in [6.45, 7) is 6.69. The molecular weight excluding hydrogens is 250 g/mol. The second kappa shape index (κ2) is 4.86. The minimum atomic E-state index is 0.655. The SMILES string of the molecule is CCC(C)c1cc(-n2ccc3cc(C)ccc32)cs1. The van der Waals surface area contributed by atoms with Crippen molar-refractivity contribution < 1.29 is 0 Å². The molecule has 0 aliphatic heterocycles. The molecule has 0 fully saturated rings. The number of hydrogen-bond acceptors (Lipinski definition) is 1. The Labute approximate surface area is 118 Å². The molecule has 0 saturated carbocycles. The Hall–Kier alpha value is -1.54. The molecule has 1 atom stereocenters. The molecule has 2 heteroatoms. The number of nitrogens with zero attached hydrogens (tertiary/aromatic N) is 1. The number of aryl methyl sites for hydroxylation is 1. The molecule has 1 unspecified atom stereocenters. The topological polar surface area (TPSA) is 4.93 Å². The molecule has 2 aromatic heterocycles. The van der Waals surface area contributed by atoms with Crippen molar-refractivity contribution in [3.63, 3.8) is 0 Å². The molecule has 0 amide bonds. The molecule has 1 aromatic carbocycles. The highest BCUT2D eigenvalue weighted by atomic mass is 32.1. The lowest BCUT2D eigenvalue weighted by Crippen LogP contribution is -1.90. The van der Waals surface area contributed by atoms with Gasteiger partial charge in [0.25, 0.3) is 0 Å². The van der Waals surface area contributed by atoms with Crippen molar-refractivity contribution in [1.29, 1.82) is 0 Å². The van der Waals surface area contributed by atoms with Crippen molar-refractivity contribution in [3.05, 3.63) is 52.3 Å². The van der Waals surface area contributed by atoms with Crippen LogP contribution < -0.4 is 0 Å². The van der Waals surface area contributed by atoms with Crippen molar-refractivity contribution in [2.75, 3.05) is 0 Å². The number of thiophene rings is 1. The molecule has 0 bridgehead atoms. The van der Waals surface area contributed by atoms with E-state index in [1.54, 1.807) is 0 Å². The number of rotatable bonds is 3. The van der Waals surface area contributed by atoms with Crippen molar-refractivity contribution in [2.24, 2.45) is 0 Å². The first-order valence-electron chi connectivity index (χ1n) is 6.85. The highest BCUT2D eigenvalue weighted by Gasteiger charge is 2.09. The molecule has 0 saturated heterocycles. The third-order valence-corrected chi connectivity index (χ3v) is 4.98. The molecule has 1 nitrogen and oxygen atoms in total. The van der Waals surface area contributed by atoms with Crippen LogP contribution in [-0.4, -0.2) is 4.57 Å². The second-order valence-electron chi connectivity index (χ2n) is 5.26. The minimum absolute atomic E-state index is 0.655. The first-order valence-corrected chi connectivity index (χ1v) is 7.73. The summed E-state index contributed by atoms with van der Waals surface area (Å²) in [5, 5.41) is 3.58. The van der Waals surface area contributed by atoms with Crippen LogP contribution in [0.25, 0.3) is 16.6 Å². The van der Waals surface area contributed by atoms with E-state index in [1.807, 2.05) is 11.3 Å². The van der Waals surface area contributed by atoms with Gasteiger partial charge in [-0.05, 0) is 43.5 Å². The molecule has 0 aliphatic rings. The van der Waals surface area contributed by atoms with Gasteiger partial charge in [0.2, 0.25) is 0 Å². The van der Waals surface area contributed by atoms with Crippen LogP contribution in [0.15, 0.2) is 41.9 Å². The van der Waals surface area contributed by atoms with Crippen LogP contribution in [0, 0.1) is 6.92 Å². The summed E-state index contributed by atoms with van der Waals surface area (Å²) < 4.78 is 2.29. The fraction of sp³-hybridized carbons (Fsp3) is 0.294. The fourth-order valence-corrected chi connectivity index (χ4v) is 3.44. The molecular formula is C17H19NS. The predicted octanol–water partition coefficient (Wildman–Crippen LogP) is 5.51. The Balaban J connectivity index is 2.07. The van der Waals surface area contributed by atoms with Crippen LogP contribution in [0.3, 0.4) is 0 Å². The molecule has 0 aliphatic carbocycles. The van der Waals surface area contributed by atoms with Crippen molar-refractivity contribution in [2.45, 2.75) is 33.1 Å². The van der Waals surface area contributed by atoms with Crippen LogP contribution in [0.1, 0.15) is 36.6 Å². The maximum Gasteiger partial charge on any atom is 0.0565 e. The van der Waals surface area contributed by atoms with Crippen LogP contribution in [0.5, 0.6) is 0 Å². The smallest absolute Gasteiger partial charge is 0.0565 e. The summed E-state index contributed by atoms with van der Waals surface area (Å²) >= 11 is 1.87. The van der Waals surface area contributed by atoms with Crippen LogP contribution >= 0.6 is 11.3 Å². The highest BCUT2D eigenvalue weighted by Crippen LogP contribution is 2.30. The molecule has 2 heterocycles. The van der Waals surface area contributed by atoms with Gasteiger partial charge in [0.15, 0.2) is 0 Å². The first-order chi connectivity index (χ1) is 9.19. The lowest BCUT2D eigenvalue weighted by molar-refractivity contribution is 0.747. The normalized spacial score (nSPS) is 13.0. The number of aromatic nitrogens is 1. The summed E-state index contributed by atoms with van der Waals surface area (Å²) in [5.41, 5.74) is 3.90. The van der Waals surface area contributed by atoms with E-state index >= 15 is 0 Å². The van der Waals surface area contributed by atoms with Gasteiger partial charge in [-0.3, -0.25) is 0 Å². The Morgan fingerprint density at radius 3 is 2.84 bits per heavy atom. The fourth-order valence-electron chi connectivity index (χ4n) is 2.42. The van der Waals surface area contributed by atoms with Crippen LogP contribution in [0.2, 0.25) is 0 Å². The number of fused-ring (bicyclic) bond motifs is 1. The van der Waals surface area contributed by atoms with E-state index in [2.05, 4.69) is 67.2 Å². The highest BCUT2D eigenvalue weighted by molar-refractivity contribution is 7.10. The van der Waals surface area contributed by atoms with Gasteiger partial charge in [-0.1, -0.05) is 25.5 Å². The van der Waals surface area contributed by atoms with Crippen molar-refractivity contribution in [1.82, 2.24) is 4.57 Å². The third kappa shape index (κ3) is 2.21. The monoisotopic (exact) mass is 269 g/mol. The predicted molar refractivity (Wildman–Crippen MR) is 84.6 cm³/mol. The molecule has 19 heavy (non-hydrogen) atoms. The van der Waals surface area contributed by atoms with Crippen molar-refractivity contribution >= 4 is 22.2 Å². The van der Waals surface area contributed by atoms with E-state index in [1.165, 1.54) is 33.5 Å². The zero-order valence-corrected chi connectivity index (χ0v) is 12.5. The largest absolute Gasteiger partial charge is 0.316 e. The third-order valence-electron chi connectivity index (χ3n) is 3.83. The van der Waals surface area contributed by atoms with E-state index in [9.17, 15) is 0 Å². The van der Waals surface area contributed by atoms with Gasteiger partial charge in [-0.2, -0.15) is 0 Å². The van der Waals surface area contributed by atoms with Gasteiger partial charge >= 0.3 is 0 Å². The van der Waals surface area contributed by atoms with Gasteiger partial charge < -0.3 is 4.57 Å². The van der Waals surface area contributed by atoms with E-state index in [0.29, 0.717) is 5.92 Å².